The van der Waals surface area contributed by atoms with Crippen molar-refractivity contribution < 1.29 is 13.9 Å². The third-order valence-electron chi connectivity index (χ3n) is 3.57. The van der Waals surface area contributed by atoms with E-state index in [4.69, 9.17) is 9.15 Å². The van der Waals surface area contributed by atoms with Crippen molar-refractivity contribution in [2.24, 2.45) is 0 Å². The van der Waals surface area contributed by atoms with Crippen LogP contribution in [-0.2, 0) is 11.3 Å². The Bertz CT molecular complexity index is 607. The number of esters is 1. The molecule has 5 nitrogen and oxygen atoms in total. The van der Waals surface area contributed by atoms with Crippen LogP contribution in [-0.4, -0.2) is 30.0 Å². The lowest BCUT2D eigenvalue weighted by molar-refractivity contribution is 0.0560. The highest BCUT2D eigenvalue weighted by Crippen LogP contribution is 2.22. The Kier molecular flexibility index (Phi) is 4.75. The number of carbonyl (C=O) groups is 1. The molecule has 0 aromatic carbocycles. The predicted molar refractivity (Wildman–Crippen MR) is 78.9 cm³/mol. The van der Waals surface area contributed by atoms with E-state index in [0.717, 1.165) is 16.9 Å². The molecule has 0 aliphatic carbocycles. The molecule has 0 saturated heterocycles. The number of pyridine rings is 1. The standard InChI is InChI=1S/C16H20N2O3/c1-11-8-14(21-15(11)16(19)20-4)10-18(3)12(2)13-6-5-7-17-9-13/h5-9,12H,10H2,1-4H3. The summed E-state index contributed by atoms with van der Waals surface area (Å²) in [6.45, 7) is 4.55. The van der Waals surface area contributed by atoms with Crippen LogP contribution in [0.15, 0.2) is 35.0 Å². The zero-order valence-electron chi connectivity index (χ0n) is 12.8. The normalized spacial score (nSPS) is 12.4. The fraction of sp³-hybridized carbons (Fsp3) is 0.375. The third-order valence-corrected chi connectivity index (χ3v) is 3.57. The van der Waals surface area contributed by atoms with Crippen molar-refractivity contribution in [3.63, 3.8) is 0 Å². The second-order valence-corrected chi connectivity index (χ2v) is 5.09. The highest BCUT2D eigenvalue weighted by atomic mass is 16.5. The number of rotatable bonds is 5. The van der Waals surface area contributed by atoms with Gasteiger partial charge in [-0.05, 0) is 38.6 Å². The van der Waals surface area contributed by atoms with Crippen molar-refractivity contribution >= 4 is 5.97 Å². The number of aromatic nitrogens is 1. The minimum Gasteiger partial charge on any atom is -0.463 e. The average molecular weight is 288 g/mol. The molecule has 5 heteroatoms. The Balaban J connectivity index is 2.09. The third kappa shape index (κ3) is 3.49. The Morgan fingerprint density at radius 1 is 1.52 bits per heavy atom. The quantitative estimate of drug-likeness (QED) is 0.792. The fourth-order valence-corrected chi connectivity index (χ4v) is 2.18. The summed E-state index contributed by atoms with van der Waals surface area (Å²) < 4.78 is 10.3. The number of ether oxygens (including phenoxy) is 1. The molecule has 0 aliphatic rings. The number of hydrogen-bond donors (Lipinski definition) is 0. The van der Waals surface area contributed by atoms with Crippen molar-refractivity contribution in [1.29, 1.82) is 0 Å². The second kappa shape index (κ2) is 6.54. The van der Waals surface area contributed by atoms with Crippen molar-refractivity contribution in [2.45, 2.75) is 26.4 Å². The number of aryl methyl sites for hydroxylation is 1. The van der Waals surface area contributed by atoms with Gasteiger partial charge in [-0.3, -0.25) is 9.88 Å². The number of methoxy groups -OCH3 is 1. The van der Waals surface area contributed by atoms with E-state index in [9.17, 15) is 4.79 Å². The molecule has 1 unspecified atom stereocenters. The molecule has 21 heavy (non-hydrogen) atoms. The van der Waals surface area contributed by atoms with E-state index in [1.807, 2.05) is 38.4 Å². The van der Waals surface area contributed by atoms with Crippen LogP contribution in [0.1, 0.15) is 40.4 Å². The molecular weight excluding hydrogens is 268 g/mol. The summed E-state index contributed by atoms with van der Waals surface area (Å²) in [4.78, 5) is 17.8. The Morgan fingerprint density at radius 2 is 2.29 bits per heavy atom. The highest BCUT2D eigenvalue weighted by Gasteiger charge is 2.19. The Morgan fingerprint density at radius 3 is 2.90 bits per heavy atom. The molecule has 2 rings (SSSR count). The van der Waals surface area contributed by atoms with Crippen molar-refractivity contribution in [3.05, 3.63) is 53.2 Å². The maximum absolute atomic E-state index is 11.6. The SMILES string of the molecule is COC(=O)c1oc(CN(C)C(C)c2cccnc2)cc1C. The minimum atomic E-state index is -0.443. The van der Waals surface area contributed by atoms with Gasteiger partial charge in [-0.25, -0.2) is 4.79 Å². The summed E-state index contributed by atoms with van der Waals surface area (Å²) >= 11 is 0. The van der Waals surface area contributed by atoms with E-state index in [1.54, 1.807) is 6.20 Å². The van der Waals surface area contributed by atoms with Crippen LogP contribution in [0.4, 0.5) is 0 Å². The van der Waals surface area contributed by atoms with Gasteiger partial charge in [-0.1, -0.05) is 6.07 Å². The zero-order valence-corrected chi connectivity index (χ0v) is 12.8. The lowest BCUT2D eigenvalue weighted by Gasteiger charge is -2.23. The second-order valence-electron chi connectivity index (χ2n) is 5.09. The van der Waals surface area contributed by atoms with Crippen LogP contribution in [0.5, 0.6) is 0 Å². The molecule has 0 bridgehead atoms. The van der Waals surface area contributed by atoms with E-state index in [2.05, 4.69) is 16.8 Å². The summed E-state index contributed by atoms with van der Waals surface area (Å²) in [5.74, 6) is 0.572. The molecule has 0 aliphatic heterocycles. The van der Waals surface area contributed by atoms with Crippen LogP contribution >= 0.6 is 0 Å². The van der Waals surface area contributed by atoms with E-state index in [1.165, 1.54) is 7.11 Å². The first-order chi connectivity index (χ1) is 10.0. The maximum Gasteiger partial charge on any atom is 0.374 e. The molecule has 0 spiro atoms. The van der Waals surface area contributed by atoms with Gasteiger partial charge in [-0.15, -0.1) is 0 Å². The van der Waals surface area contributed by atoms with Crippen LogP contribution in [0.25, 0.3) is 0 Å². The van der Waals surface area contributed by atoms with Gasteiger partial charge in [0.25, 0.3) is 0 Å². The van der Waals surface area contributed by atoms with Gasteiger partial charge in [0, 0.05) is 24.0 Å². The van der Waals surface area contributed by atoms with E-state index in [-0.39, 0.29) is 11.8 Å². The number of carbonyl (C=O) groups excluding carboxylic acids is 1. The first-order valence-corrected chi connectivity index (χ1v) is 6.80. The smallest absolute Gasteiger partial charge is 0.374 e. The van der Waals surface area contributed by atoms with Crippen LogP contribution in [0, 0.1) is 6.92 Å². The van der Waals surface area contributed by atoms with Gasteiger partial charge in [0.1, 0.15) is 5.76 Å². The van der Waals surface area contributed by atoms with E-state index in [0.29, 0.717) is 6.54 Å². The van der Waals surface area contributed by atoms with Crippen LogP contribution in [0.2, 0.25) is 0 Å². The highest BCUT2D eigenvalue weighted by molar-refractivity contribution is 5.87. The maximum atomic E-state index is 11.6. The lowest BCUT2D eigenvalue weighted by atomic mass is 10.1. The summed E-state index contributed by atoms with van der Waals surface area (Å²) in [6, 6.07) is 6.04. The monoisotopic (exact) mass is 288 g/mol. The lowest BCUT2D eigenvalue weighted by Crippen LogP contribution is -2.21. The topological polar surface area (TPSA) is 55.6 Å². The Labute approximate surface area is 124 Å². The average Bonchev–Trinajstić information content (AvgIpc) is 2.87. The molecule has 0 saturated carbocycles. The van der Waals surface area contributed by atoms with Gasteiger partial charge >= 0.3 is 5.97 Å². The number of furan rings is 1. The van der Waals surface area contributed by atoms with Gasteiger partial charge in [0.05, 0.1) is 13.7 Å². The molecule has 2 aromatic rings. The molecular formula is C16H20N2O3. The molecule has 0 radical (unpaired) electrons. The summed E-state index contributed by atoms with van der Waals surface area (Å²) in [5, 5.41) is 0. The van der Waals surface area contributed by atoms with E-state index < -0.39 is 5.97 Å². The molecule has 0 amide bonds. The van der Waals surface area contributed by atoms with Crippen LogP contribution in [0.3, 0.4) is 0 Å². The van der Waals surface area contributed by atoms with Gasteiger partial charge in [0.2, 0.25) is 5.76 Å². The van der Waals surface area contributed by atoms with Gasteiger partial charge < -0.3 is 9.15 Å². The molecule has 2 aromatic heterocycles. The molecule has 0 fully saturated rings. The summed E-state index contributed by atoms with van der Waals surface area (Å²) in [5.41, 5.74) is 1.93. The predicted octanol–water partition coefficient (Wildman–Crippen LogP) is 2.96. The first kappa shape index (κ1) is 15.3. The number of hydrogen-bond acceptors (Lipinski definition) is 5. The van der Waals surface area contributed by atoms with Crippen molar-refractivity contribution in [1.82, 2.24) is 9.88 Å². The fourth-order valence-electron chi connectivity index (χ4n) is 2.18. The number of nitrogens with zero attached hydrogens (tertiary/aromatic N) is 2. The minimum absolute atomic E-state index is 0.200. The molecule has 112 valence electrons. The molecule has 1 atom stereocenters. The first-order valence-electron chi connectivity index (χ1n) is 6.80. The van der Waals surface area contributed by atoms with E-state index >= 15 is 0 Å². The van der Waals surface area contributed by atoms with Gasteiger partial charge in [-0.2, -0.15) is 0 Å². The molecule has 2 heterocycles. The molecule has 0 N–H and O–H groups in total. The van der Waals surface area contributed by atoms with Gasteiger partial charge in [0.15, 0.2) is 0 Å². The zero-order chi connectivity index (χ0) is 15.4. The Hall–Kier alpha value is -2.14. The van der Waals surface area contributed by atoms with Crippen LogP contribution < -0.4 is 0 Å². The van der Waals surface area contributed by atoms with Crippen molar-refractivity contribution in [3.8, 4) is 0 Å². The summed E-state index contributed by atoms with van der Waals surface area (Å²) in [7, 11) is 3.36. The largest absolute Gasteiger partial charge is 0.463 e. The summed E-state index contributed by atoms with van der Waals surface area (Å²) in [6.07, 6.45) is 3.61. The van der Waals surface area contributed by atoms with Crippen molar-refractivity contribution in [2.75, 3.05) is 14.2 Å².